The molecule has 2 aromatic heterocycles. The molecule has 7 nitrogen and oxygen atoms in total. The summed E-state index contributed by atoms with van der Waals surface area (Å²) in [5.74, 6) is 0.484. The molecule has 1 amide bonds. The summed E-state index contributed by atoms with van der Waals surface area (Å²) in [6.45, 7) is 2.38. The zero-order valence-corrected chi connectivity index (χ0v) is 14.7. The lowest BCUT2D eigenvalue weighted by atomic mass is 10.2. The average molecular weight is 378 g/mol. The Labute approximate surface area is 152 Å². The van der Waals surface area contributed by atoms with Gasteiger partial charge in [-0.1, -0.05) is 28.4 Å². The second-order valence-electron chi connectivity index (χ2n) is 5.74. The van der Waals surface area contributed by atoms with Crippen LogP contribution in [0.2, 0.25) is 10.0 Å². The molecule has 128 valence electrons. The van der Waals surface area contributed by atoms with Crippen LogP contribution >= 0.6 is 23.2 Å². The van der Waals surface area contributed by atoms with Crippen LogP contribution in [0.4, 0.5) is 11.5 Å². The summed E-state index contributed by atoms with van der Waals surface area (Å²) in [6, 6.07) is 4.75. The molecular formula is C16H13Cl2N5O2. The lowest BCUT2D eigenvalue weighted by molar-refractivity contribution is -0.117. The molecule has 25 heavy (non-hydrogen) atoms. The highest BCUT2D eigenvalue weighted by molar-refractivity contribution is 6.42. The molecule has 1 fully saturated rings. The molecular weight excluding hydrogens is 365 g/mol. The first-order chi connectivity index (χ1) is 12.0. The Morgan fingerprint density at radius 1 is 1.28 bits per heavy atom. The van der Waals surface area contributed by atoms with E-state index >= 15 is 0 Å². The Balaban J connectivity index is 1.59. The van der Waals surface area contributed by atoms with Crippen molar-refractivity contribution in [1.29, 1.82) is 0 Å². The Bertz CT molecular complexity index is 974. The van der Waals surface area contributed by atoms with Gasteiger partial charge in [0.15, 0.2) is 0 Å². The molecule has 0 radical (unpaired) electrons. The van der Waals surface area contributed by atoms with Crippen LogP contribution in [0, 0.1) is 6.92 Å². The molecule has 3 heterocycles. The number of aromatic nitrogens is 3. The van der Waals surface area contributed by atoms with E-state index in [1.165, 1.54) is 6.33 Å². The van der Waals surface area contributed by atoms with Gasteiger partial charge in [-0.2, -0.15) is 4.98 Å². The number of halogens is 2. The Morgan fingerprint density at radius 2 is 2.12 bits per heavy atom. The second kappa shape index (κ2) is 6.16. The maximum atomic E-state index is 12.8. The summed E-state index contributed by atoms with van der Waals surface area (Å²) in [4.78, 5) is 22.7. The van der Waals surface area contributed by atoms with Crippen LogP contribution < -0.4 is 10.2 Å². The lowest BCUT2D eigenvalue weighted by Gasteiger charge is -2.18. The van der Waals surface area contributed by atoms with Gasteiger partial charge >= 0.3 is 0 Å². The average Bonchev–Trinajstić information content (AvgIpc) is 3.15. The van der Waals surface area contributed by atoms with Gasteiger partial charge in [0.05, 0.1) is 15.7 Å². The number of fused-ring (bicyclic) bond motifs is 1. The Hall–Kier alpha value is -2.38. The summed E-state index contributed by atoms with van der Waals surface area (Å²) in [6.07, 6.45) is 2.01. The van der Waals surface area contributed by atoms with Gasteiger partial charge in [-0.05, 0) is 31.5 Å². The third-order valence-corrected chi connectivity index (χ3v) is 4.91. The molecule has 1 aliphatic rings. The molecule has 1 aliphatic heterocycles. The molecule has 9 heteroatoms. The van der Waals surface area contributed by atoms with Crippen molar-refractivity contribution in [3.63, 3.8) is 0 Å². The van der Waals surface area contributed by atoms with Crippen LogP contribution in [0.5, 0.6) is 0 Å². The third kappa shape index (κ3) is 2.79. The van der Waals surface area contributed by atoms with Crippen LogP contribution in [-0.2, 0) is 4.79 Å². The fraction of sp³-hybridized carbons (Fsp3) is 0.250. The van der Waals surface area contributed by atoms with Crippen molar-refractivity contribution < 1.29 is 9.32 Å². The molecule has 3 aromatic rings. The standard InChI is InChI=1S/C16H13Cl2N5O2/c1-8-13-14(19-7-20-15(13)25-22-8)21-12-4-5-23(16(12)24)9-2-3-10(17)11(18)6-9/h2-3,6-7,12H,4-5H2,1H3,(H,19,20,21). The largest absolute Gasteiger partial charge is 0.358 e. The lowest BCUT2D eigenvalue weighted by Crippen LogP contribution is -2.33. The fourth-order valence-electron chi connectivity index (χ4n) is 2.92. The van der Waals surface area contributed by atoms with Crippen LogP contribution in [0.15, 0.2) is 29.0 Å². The van der Waals surface area contributed by atoms with Crippen LogP contribution in [0.1, 0.15) is 12.1 Å². The number of anilines is 2. The molecule has 1 aromatic carbocycles. The van der Waals surface area contributed by atoms with Gasteiger partial charge in [0.1, 0.15) is 23.6 Å². The highest BCUT2D eigenvalue weighted by Crippen LogP contribution is 2.31. The first-order valence-corrected chi connectivity index (χ1v) is 8.40. The molecule has 1 atom stereocenters. The molecule has 1 N–H and O–H groups in total. The van der Waals surface area contributed by atoms with Crippen LogP contribution in [0.25, 0.3) is 11.1 Å². The number of carbonyl (C=O) groups excluding carboxylic acids is 1. The number of aryl methyl sites for hydroxylation is 1. The van der Waals surface area contributed by atoms with Crippen LogP contribution in [0.3, 0.4) is 0 Å². The van der Waals surface area contributed by atoms with E-state index in [-0.39, 0.29) is 5.91 Å². The van der Waals surface area contributed by atoms with E-state index in [2.05, 4.69) is 20.4 Å². The van der Waals surface area contributed by atoms with E-state index in [9.17, 15) is 4.79 Å². The summed E-state index contributed by atoms with van der Waals surface area (Å²) < 4.78 is 5.13. The summed E-state index contributed by atoms with van der Waals surface area (Å²) in [5, 5.41) is 8.63. The minimum atomic E-state index is -0.401. The zero-order valence-electron chi connectivity index (χ0n) is 13.2. The number of amides is 1. The second-order valence-corrected chi connectivity index (χ2v) is 6.56. The highest BCUT2D eigenvalue weighted by Gasteiger charge is 2.33. The van der Waals surface area contributed by atoms with Crippen molar-refractivity contribution in [2.24, 2.45) is 0 Å². The van der Waals surface area contributed by atoms with E-state index in [1.54, 1.807) is 30.0 Å². The summed E-state index contributed by atoms with van der Waals surface area (Å²) >= 11 is 12.0. The smallest absolute Gasteiger partial charge is 0.263 e. The quantitative estimate of drug-likeness (QED) is 0.752. The van der Waals surface area contributed by atoms with Gasteiger partial charge < -0.3 is 14.7 Å². The molecule has 0 bridgehead atoms. The van der Waals surface area contributed by atoms with E-state index in [1.807, 2.05) is 0 Å². The zero-order chi connectivity index (χ0) is 17.6. The van der Waals surface area contributed by atoms with Crippen molar-refractivity contribution in [3.8, 4) is 0 Å². The number of hydrogen-bond donors (Lipinski definition) is 1. The summed E-state index contributed by atoms with van der Waals surface area (Å²) in [7, 11) is 0. The van der Waals surface area contributed by atoms with Crippen molar-refractivity contribution in [2.75, 3.05) is 16.8 Å². The van der Waals surface area contributed by atoms with E-state index in [0.29, 0.717) is 45.6 Å². The van der Waals surface area contributed by atoms with Gasteiger partial charge in [0.2, 0.25) is 5.91 Å². The molecule has 0 aliphatic carbocycles. The predicted molar refractivity (Wildman–Crippen MR) is 95.2 cm³/mol. The Kier molecular flexibility index (Phi) is 3.97. The normalized spacial score (nSPS) is 17.5. The number of hydrogen-bond acceptors (Lipinski definition) is 6. The van der Waals surface area contributed by atoms with E-state index in [4.69, 9.17) is 27.7 Å². The van der Waals surface area contributed by atoms with Crippen molar-refractivity contribution >= 4 is 51.7 Å². The van der Waals surface area contributed by atoms with Gasteiger partial charge in [-0.3, -0.25) is 4.79 Å². The topological polar surface area (TPSA) is 84.2 Å². The van der Waals surface area contributed by atoms with Gasteiger partial charge in [-0.15, -0.1) is 0 Å². The number of nitrogens with one attached hydrogen (secondary N) is 1. The molecule has 1 saturated heterocycles. The monoisotopic (exact) mass is 377 g/mol. The highest BCUT2D eigenvalue weighted by atomic mass is 35.5. The Morgan fingerprint density at radius 3 is 2.92 bits per heavy atom. The van der Waals surface area contributed by atoms with E-state index in [0.717, 1.165) is 5.69 Å². The van der Waals surface area contributed by atoms with Gasteiger partial charge in [-0.25, -0.2) is 4.98 Å². The van der Waals surface area contributed by atoms with E-state index < -0.39 is 6.04 Å². The number of nitrogens with zero attached hydrogens (tertiary/aromatic N) is 4. The third-order valence-electron chi connectivity index (χ3n) is 4.17. The number of benzene rings is 1. The predicted octanol–water partition coefficient (Wildman–Crippen LogP) is 3.45. The van der Waals surface area contributed by atoms with Gasteiger partial charge in [0.25, 0.3) is 5.71 Å². The number of rotatable bonds is 3. The van der Waals surface area contributed by atoms with Crippen molar-refractivity contribution in [2.45, 2.75) is 19.4 Å². The first-order valence-electron chi connectivity index (χ1n) is 7.64. The summed E-state index contributed by atoms with van der Waals surface area (Å²) in [5.41, 5.74) is 1.78. The SMILES string of the molecule is Cc1noc2ncnc(NC3CCN(c4ccc(Cl)c(Cl)c4)C3=O)c12. The van der Waals surface area contributed by atoms with Crippen molar-refractivity contribution in [1.82, 2.24) is 15.1 Å². The molecule has 1 unspecified atom stereocenters. The molecule has 4 rings (SSSR count). The fourth-order valence-corrected chi connectivity index (χ4v) is 3.21. The minimum absolute atomic E-state index is 0.0562. The first kappa shape index (κ1) is 16.1. The van der Waals surface area contributed by atoms with Crippen LogP contribution in [-0.4, -0.2) is 33.6 Å². The molecule has 0 saturated carbocycles. The molecule has 0 spiro atoms. The van der Waals surface area contributed by atoms with Crippen molar-refractivity contribution in [3.05, 3.63) is 40.3 Å². The maximum Gasteiger partial charge on any atom is 0.263 e. The maximum absolute atomic E-state index is 12.8. The number of carbonyl (C=O) groups is 1. The van der Waals surface area contributed by atoms with Gasteiger partial charge in [0, 0.05) is 12.2 Å². The minimum Gasteiger partial charge on any atom is -0.358 e.